The standard InChI is InChI=1S/C37H58N2O7/c1-24(13-14-25-15-18-39-31(38)19-25)27(22-40)21-36-32(42)28-11-5-6-12-29(28)33(43)37(36,46-36)34(44)45-23-30(41)35(16-7-8-17-35)20-26-9-3-2-4-10-26/h25-26,28-31,39-41H,2-23,38H2,1H3. The maximum absolute atomic E-state index is 14.3. The monoisotopic (exact) mass is 642 g/mol. The van der Waals surface area contributed by atoms with Gasteiger partial charge in [0.1, 0.15) is 6.61 Å². The van der Waals surface area contributed by atoms with Gasteiger partial charge in [-0.1, -0.05) is 63.4 Å². The number of esters is 1. The summed E-state index contributed by atoms with van der Waals surface area (Å²) < 4.78 is 12.1. The summed E-state index contributed by atoms with van der Waals surface area (Å²) in [6.45, 7) is 2.39. The first-order valence-corrected chi connectivity index (χ1v) is 18.6. The Morgan fingerprint density at radius 2 is 1.65 bits per heavy atom. The van der Waals surface area contributed by atoms with Crippen molar-refractivity contribution in [1.82, 2.24) is 5.32 Å². The number of aliphatic hydroxyl groups is 2. The summed E-state index contributed by atoms with van der Waals surface area (Å²) in [5.74, 6) is -1.32. The molecule has 6 aliphatic rings. The number of piperidine rings is 1. The SMILES string of the molecule is CC(CCC1CCNC(N)C1)=C(CO)CC12OC1(C(=O)OCC(O)C1(CC3CCCCC3)CCCC1)C(=O)C1CCCCC1C2=O. The smallest absolute Gasteiger partial charge is 0.350 e. The molecule has 4 aliphatic carbocycles. The van der Waals surface area contributed by atoms with Crippen molar-refractivity contribution < 1.29 is 34.1 Å². The summed E-state index contributed by atoms with van der Waals surface area (Å²) in [6.07, 6.45) is 16.7. The molecular weight excluding hydrogens is 584 g/mol. The molecular formula is C37H58N2O7. The second-order valence-electron chi connectivity index (χ2n) is 15.9. The van der Waals surface area contributed by atoms with Crippen molar-refractivity contribution in [3.8, 4) is 0 Å². The number of carbonyl (C=O) groups is 3. The Hall–Kier alpha value is -1.65. The lowest BCUT2D eigenvalue weighted by Crippen LogP contribution is -2.58. The lowest BCUT2D eigenvalue weighted by molar-refractivity contribution is -0.163. The van der Waals surface area contributed by atoms with Crippen LogP contribution in [0.5, 0.6) is 0 Å². The van der Waals surface area contributed by atoms with Gasteiger partial charge in [-0.05, 0) is 94.1 Å². The largest absolute Gasteiger partial charge is 0.460 e. The molecule has 7 atom stereocenters. The van der Waals surface area contributed by atoms with E-state index < -0.39 is 35.1 Å². The topological polar surface area (TPSA) is 151 Å². The van der Waals surface area contributed by atoms with Gasteiger partial charge in [-0.2, -0.15) is 0 Å². The molecule has 7 unspecified atom stereocenters. The first-order chi connectivity index (χ1) is 22.2. The van der Waals surface area contributed by atoms with Crippen molar-refractivity contribution in [2.75, 3.05) is 19.8 Å². The fourth-order valence-corrected chi connectivity index (χ4v) is 10.3. The highest BCUT2D eigenvalue weighted by Crippen LogP contribution is 2.62. The Morgan fingerprint density at radius 1 is 0.978 bits per heavy atom. The molecule has 2 aliphatic heterocycles. The van der Waals surface area contributed by atoms with Gasteiger partial charge in [0.15, 0.2) is 17.2 Å². The van der Waals surface area contributed by atoms with E-state index in [1.807, 2.05) is 6.92 Å². The summed E-state index contributed by atoms with van der Waals surface area (Å²) in [6, 6.07) is 0. The Kier molecular flexibility index (Phi) is 10.5. The Labute approximate surface area is 274 Å². The summed E-state index contributed by atoms with van der Waals surface area (Å²) in [4.78, 5) is 42.5. The van der Waals surface area contributed by atoms with Crippen molar-refractivity contribution in [3.05, 3.63) is 11.1 Å². The van der Waals surface area contributed by atoms with Crippen LogP contribution in [-0.4, -0.2) is 71.0 Å². The van der Waals surface area contributed by atoms with E-state index >= 15 is 0 Å². The van der Waals surface area contributed by atoms with Crippen LogP contribution in [0.1, 0.15) is 129 Å². The second-order valence-corrected chi connectivity index (χ2v) is 15.9. The van der Waals surface area contributed by atoms with Gasteiger partial charge < -0.3 is 30.7 Å². The third-order valence-electron chi connectivity index (χ3n) is 13.2. The van der Waals surface area contributed by atoms with E-state index in [1.165, 1.54) is 32.1 Å². The minimum Gasteiger partial charge on any atom is -0.460 e. The van der Waals surface area contributed by atoms with Gasteiger partial charge in [0.2, 0.25) is 0 Å². The molecule has 0 bridgehead atoms. The number of Topliss-reactive ketones (excluding diaryl/α,β-unsaturated/α-hetero) is 2. The van der Waals surface area contributed by atoms with Crippen LogP contribution >= 0.6 is 0 Å². The van der Waals surface area contributed by atoms with E-state index in [4.69, 9.17) is 15.2 Å². The summed E-state index contributed by atoms with van der Waals surface area (Å²) in [7, 11) is 0. The number of ether oxygens (including phenoxy) is 2. The molecule has 0 aromatic carbocycles. The maximum atomic E-state index is 14.3. The average Bonchev–Trinajstić information content (AvgIpc) is 3.55. The first kappa shape index (κ1) is 34.2. The minimum atomic E-state index is -1.99. The zero-order valence-corrected chi connectivity index (χ0v) is 28.0. The summed E-state index contributed by atoms with van der Waals surface area (Å²) in [5.41, 5.74) is 3.82. The van der Waals surface area contributed by atoms with E-state index in [-0.39, 0.29) is 42.8 Å². The van der Waals surface area contributed by atoms with E-state index in [1.54, 1.807) is 0 Å². The average molecular weight is 643 g/mol. The number of allylic oxidation sites excluding steroid dienone is 1. The van der Waals surface area contributed by atoms with Crippen LogP contribution in [0.25, 0.3) is 0 Å². The van der Waals surface area contributed by atoms with Gasteiger partial charge in [-0.15, -0.1) is 0 Å². The number of hydrogen-bond donors (Lipinski definition) is 4. The van der Waals surface area contributed by atoms with Gasteiger partial charge in [-0.25, -0.2) is 4.79 Å². The summed E-state index contributed by atoms with van der Waals surface area (Å²) in [5, 5.41) is 25.4. The van der Waals surface area contributed by atoms with E-state index in [9.17, 15) is 24.6 Å². The Bertz CT molecular complexity index is 1170. The van der Waals surface area contributed by atoms with Crippen LogP contribution in [0, 0.1) is 29.1 Å². The van der Waals surface area contributed by atoms with E-state index in [0.29, 0.717) is 30.3 Å². The highest BCUT2D eigenvalue weighted by atomic mass is 16.7. The van der Waals surface area contributed by atoms with Crippen molar-refractivity contribution in [2.24, 2.45) is 34.8 Å². The zero-order valence-electron chi connectivity index (χ0n) is 28.0. The number of fused-ring (bicyclic) bond motifs is 2. The van der Waals surface area contributed by atoms with Gasteiger partial charge in [0, 0.05) is 18.3 Å². The molecule has 4 saturated carbocycles. The van der Waals surface area contributed by atoms with Gasteiger partial charge in [-0.3, -0.25) is 9.59 Å². The molecule has 9 heteroatoms. The number of ketones is 2. The zero-order chi connectivity index (χ0) is 32.5. The summed E-state index contributed by atoms with van der Waals surface area (Å²) >= 11 is 0. The Morgan fingerprint density at radius 3 is 2.33 bits per heavy atom. The number of carbonyl (C=O) groups excluding carboxylic acids is 3. The highest BCUT2D eigenvalue weighted by Gasteiger charge is 2.87. The van der Waals surface area contributed by atoms with Crippen molar-refractivity contribution >= 4 is 17.5 Å². The first-order valence-electron chi connectivity index (χ1n) is 18.6. The molecule has 46 heavy (non-hydrogen) atoms. The van der Waals surface area contributed by atoms with E-state index in [2.05, 4.69) is 5.32 Å². The van der Waals surface area contributed by atoms with Crippen molar-refractivity contribution in [2.45, 2.75) is 152 Å². The quantitative estimate of drug-likeness (QED) is 0.103. The van der Waals surface area contributed by atoms with Gasteiger partial charge >= 0.3 is 5.97 Å². The second kappa shape index (κ2) is 14.1. The van der Waals surface area contributed by atoms with Crippen LogP contribution in [0.4, 0.5) is 0 Å². The molecule has 0 radical (unpaired) electrons. The van der Waals surface area contributed by atoms with Crippen molar-refractivity contribution in [3.63, 3.8) is 0 Å². The molecule has 0 spiro atoms. The predicted octanol–water partition coefficient (Wildman–Crippen LogP) is 4.65. The molecule has 6 fully saturated rings. The normalized spacial score (nSPS) is 37.2. The third kappa shape index (κ3) is 6.28. The molecule has 0 aromatic heterocycles. The molecule has 258 valence electrons. The molecule has 5 N–H and O–H groups in total. The lowest BCUT2D eigenvalue weighted by atomic mass is 9.60. The highest BCUT2D eigenvalue weighted by molar-refractivity contribution is 6.23. The molecule has 6 rings (SSSR count). The number of rotatable bonds is 12. The molecule has 9 nitrogen and oxygen atoms in total. The fraction of sp³-hybridized carbons (Fsp3) is 0.865. The van der Waals surface area contributed by atoms with Crippen LogP contribution in [0.2, 0.25) is 0 Å². The number of nitrogens with two attached hydrogens (primary N) is 1. The number of aliphatic hydroxyl groups excluding tert-OH is 2. The van der Waals surface area contributed by atoms with Crippen LogP contribution in [0.15, 0.2) is 11.1 Å². The van der Waals surface area contributed by atoms with E-state index in [0.717, 1.165) is 82.7 Å². The number of hydrogen-bond acceptors (Lipinski definition) is 9. The molecule has 0 amide bonds. The lowest BCUT2D eigenvalue weighted by Gasteiger charge is -2.39. The van der Waals surface area contributed by atoms with Crippen LogP contribution in [-0.2, 0) is 23.9 Å². The minimum absolute atomic E-state index is 0.00522. The molecule has 0 aromatic rings. The van der Waals surface area contributed by atoms with Crippen LogP contribution < -0.4 is 11.1 Å². The third-order valence-corrected chi connectivity index (χ3v) is 13.2. The fourth-order valence-electron chi connectivity index (χ4n) is 10.3. The molecule has 2 saturated heterocycles. The predicted molar refractivity (Wildman–Crippen MR) is 173 cm³/mol. The number of nitrogens with one attached hydrogen (secondary N) is 1. The van der Waals surface area contributed by atoms with Gasteiger partial charge in [0.25, 0.3) is 5.60 Å². The van der Waals surface area contributed by atoms with Gasteiger partial charge in [0.05, 0.1) is 18.9 Å². The Balaban J connectivity index is 1.19. The van der Waals surface area contributed by atoms with Crippen LogP contribution in [0.3, 0.4) is 0 Å². The van der Waals surface area contributed by atoms with Crippen molar-refractivity contribution in [1.29, 1.82) is 0 Å². The maximum Gasteiger partial charge on any atom is 0.350 e. The number of epoxide rings is 1. The molecule has 2 heterocycles.